The van der Waals surface area contributed by atoms with E-state index < -0.39 is 0 Å². The summed E-state index contributed by atoms with van der Waals surface area (Å²) >= 11 is 6.10. The Morgan fingerprint density at radius 1 is 1.42 bits per heavy atom. The summed E-state index contributed by atoms with van der Waals surface area (Å²) in [4.78, 5) is 1.75. The fraction of sp³-hybridized carbons (Fsp3) is 0.231. The van der Waals surface area contributed by atoms with Gasteiger partial charge in [-0.1, -0.05) is 17.7 Å². The molecule has 1 aromatic carbocycles. The van der Waals surface area contributed by atoms with Crippen LogP contribution in [-0.2, 0) is 0 Å². The molecule has 0 aliphatic carbocycles. The van der Waals surface area contributed by atoms with Crippen LogP contribution >= 0.6 is 11.6 Å². The van der Waals surface area contributed by atoms with E-state index in [1.807, 2.05) is 33.2 Å². The molecule has 98 valence electrons. The molecule has 0 fully saturated rings. The third kappa shape index (κ3) is 2.23. The summed E-state index contributed by atoms with van der Waals surface area (Å²) < 4.78 is 1.53. The highest BCUT2D eigenvalue weighted by atomic mass is 35.5. The maximum absolute atomic E-state index is 9.17. The number of nitrogens with zero attached hydrogens (tertiary/aromatic N) is 4. The Kier molecular flexibility index (Phi) is 3.36. The first-order valence-corrected chi connectivity index (χ1v) is 6.06. The summed E-state index contributed by atoms with van der Waals surface area (Å²) in [5.41, 5.74) is 8.05. The van der Waals surface area contributed by atoms with Gasteiger partial charge < -0.3 is 10.6 Å². The highest BCUT2D eigenvalue weighted by Crippen LogP contribution is 2.27. The van der Waals surface area contributed by atoms with Crippen molar-refractivity contribution >= 4 is 23.2 Å². The number of halogens is 1. The summed E-state index contributed by atoms with van der Waals surface area (Å²) in [6.45, 7) is 1.92. The minimum absolute atomic E-state index is 0.311. The molecule has 0 bridgehead atoms. The fourth-order valence-electron chi connectivity index (χ4n) is 1.75. The average Bonchev–Trinajstić information content (AvgIpc) is 2.70. The number of nitrogen functional groups attached to an aromatic ring is 1. The van der Waals surface area contributed by atoms with Crippen molar-refractivity contribution in [1.29, 1.82) is 5.26 Å². The summed E-state index contributed by atoms with van der Waals surface area (Å²) in [7, 11) is 3.63. The molecule has 2 aromatic rings. The quantitative estimate of drug-likeness (QED) is 0.913. The fourth-order valence-corrected chi connectivity index (χ4v) is 1.92. The SMILES string of the molecule is Cc1ccc(-n2nc(N(C)C)c(C#N)c2N)cc1Cl. The number of benzene rings is 1. The molecule has 0 aliphatic heterocycles. The molecule has 19 heavy (non-hydrogen) atoms. The lowest BCUT2D eigenvalue weighted by Gasteiger charge is -2.08. The van der Waals surface area contributed by atoms with Crippen LogP contribution in [-0.4, -0.2) is 23.9 Å². The summed E-state index contributed by atoms with van der Waals surface area (Å²) in [5.74, 6) is 0.850. The smallest absolute Gasteiger partial charge is 0.170 e. The molecule has 0 spiro atoms. The van der Waals surface area contributed by atoms with E-state index in [4.69, 9.17) is 17.3 Å². The van der Waals surface area contributed by atoms with Crippen molar-refractivity contribution in [1.82, 2.24) is 9.78 Å². The number of aromatic nitrogens is 2. The van der Waals surface area contributed by atoms with Crippen LogP contribution in [0.15, 0.2) is 18.2 Å². The summed E-state index contributed by atoms with van der Waals surface area (Å²) in [6.07, 6.45) is 0. The van der Waals surface area contributed by atoms with E-state index in [2.05, 4.69) is 11.2 Å². The minimum atomic E-state index is 0.311. The highest BCUT2D eigenvalue weighted by molar-refractivity contribution is 6.31. The van der Waals surface area contributed by atoms with Crippen molar-refractivity contribution in [3.05, 3.63) is 34.3 Å². The van der Waals surface area contributed by atoms with Gasteiger partial charge in [0.2, 0.25) is 0 Å². The molecule has 1 heterocycles. The van der Waals surface area contributed by atoms with Crippen LogP contribution in [0.5, 0.6) is 0 Å². The van der Waals surface area contributed by atoms with Crippen molar-refractivity contribution in [2.75, 3.05) is 24.7 Å². The summed E-state index contributed by atoms with van der Waals surface area (Å²) in [5, 5.41) is 14.2. The number of nitrogens with two attached hydrogens (primary N) is 1. The molecule has 0 aliphatic rings. The molecule has 0 amide bonds. The lowest BCUT2D eigenvalue weighted by atomic mass is 10.2. The molecule has 5 nitrogen and oxygen atoms in total. The maximum atomic E-state index is 9.17. The van der Waals surface area contributed by atoms with Gasteiger partial charge in [0, 0.05) is 19.1 Å². The Bertz CT molecular complexity index is 666. The van der Waals surface area contributed by atoms with Gasteiger partial charge in [0.25, 0.3) is 0 Å². The van der Waals surface area contributed by atoms with Crippen molar-refractivity contribution in [2.24, 2.45) is 0 Å². The van der Waals surface area contributed by atoms with E-state index in [1.54, 1.807) is 11.0 Å². The van der Waals surface area contributed by atoms with Gasteiger partial charge in [-0.25, -0.2) is 4.68 Å². The average molecular weight is 276 g/mol. The van der Waals surface area contributed by atoms with Gasteiger partial charge in [0.15, 0.2) is 5.82 Å². The first-order chi connectivity index (χ1) is 8.95. The van der Waals surface area contributed by atoms with Crippen molar-refractivity contribution in [3.8, 4) is 11.8 Å². The molecule has 0 radical (unpaired) electrons. The third-order valence-corrected chi connectivity index (χ3v) is 3.25. The Morgan fingerprint density at radius 2 is 2.11 bits per heavy atom. The zero-order valence-electron chi connectivity index (χ0n) is 11.0. The number of nitriles is 1. The zero-order valence-corrected chi connectivity index (χ0v) is 11.7. The second-order valence-corrected chi connectivity index (χ2v) is 4.84. The number of hydrogen-bond donors (Lipinski definition) is 1. The lowest BCUT2D eigenvalue weighted by Crippen LogP contribution is -2.11. The van der Waals surface area contributed by atoms with E-state index in [0.29, 0.717) is 22.2 Å². The van der Waals surface area contributed by atoms with Gasteiger partial charge in [-0.3, -0.25) is 0 Å². The Hall–Kier alpha value is -2.19. The van der Waals surface area contributed by atoms with E-state index >= 15 is 0 Å². The Labute approximate surface area is 116 Å². The van der Waals surface area contributed by atoms with Gasteiger partial charge in [0.05, 0.1) is 5.69 Å². The van der Waals surface area contributed by atoms with E-state index in [9.17, 15) is 5.26 Å². The molecule has 6 heteroatoms. The maximum Gasteiger partial charge on any atom is 0.170 e. The van der Waals surface area contributed by atoms with Gasteiger partial charge >= 0.3 is 0 Å². The van der Waals surface area contributed by atoms with Crippen LogP contribution in [0.3, 0.4) is 0 Å². The van der Waals surface area contributed by atoms with Crippen LogP contribution in [0.4, 0.5) is 11.6 Å². The number of aryl methyl sites for hydroxylation is 1. The molecule has 2 N–H and O–H groups in total. The first kappa shape index (κ1) is 13.2. The molecule has 0 unspecified atom stereocenters. The van der Waals surface area contributed by atoms with Crippen LogP contribution in [0, 0.1) is 18.3 Å². The van der Waals surface area contributed by atoms with Gasteiger partial charge in [-0.15, -0.1) is 5.10 Å². The van der Waals surface area contributed by atoms with Crippen LogP contribution in [0.2, 0.25) is 5.02 Å². The molecular weight excluding hydrogens is 262 g/mol. The van der Waals surface area contributed by atoms with E-state index in [1.165, 1.54) is 4.68 Å². The van der Waals surface area contributed by atoms with E-state index in [0.717, 1.165) is 11.3 Å². The minimum Gasteiger partial charge on any atom is -0.382 e. The number of anilines is 2. The van der Waals surface area contributed by atoms with Crippen LogP contribution < -0.4 is 10.6 Å². The third-order valence-electron chi connectivity index (χ3n) is 2.84. The van der Waals surface area contributed by atoms with Crippen molar-refractivity contribution in [3.63, 3.8) is 0 Å². The van der Waals surface area contributed by atoms with Crippen molar-refractivity contribution in [2.45, 2.75) is 6.92 Å². The van der Waals surface area contributed by atoms with Gasteiger partial charge in [-0.05, 0) is 24.6 Å². The Balaban J connectivity index is 2.63. The predicted octanol–water partition coefficient (Wildman–Crippen LogP) is 2.35. The number of hydrogen-bond acceptors (Lipinski definition) is 4. The largest absolute Gasteiger partial charge is 0.382 e. The second-order valence-electron chi connectivity index (χ2n) is 4.44. The normalized spacial score (nSPS) is 10.3. The molecule has 2 rings (SSSR count). The predicted molar refractivity (Wildman–Crippen MR) is 76.8 cm³/mol. The van der Waals surface area contributed by atoms with Crippen molar-refractivity contribution < 1.29 is 0 Å². The monoisotopic (exact) mass is 275 g/mol. The van der Waals surface area contributed by atoms with Gasteiger partial charge in [0.1, 0.15) is 17.5 Å². The standard InChI is InChI=1S/C13H14ClN5/c1-8-4-5-9(6-11(8)14)19-12(16)10(7-15)13(17-19)18(2)3/h4-6H,16H2,1-3H3. The van der Waals surface area contributed by atoms with Crippen LogP contribution in [0.1, 0.15) is 11.1 Å². The Morgan fingerprint density at radius 3 is 2.58 bits per heavy atom. The van der Waals surface area contributed by atoms with E-state index in [-0.39, 0.29) is 0 Å². The second kappa shape index (κ2) is 4.82. The molecule has 0 saturated carbocycles. The first-order valence-electron chi connectivity index (χ1n) is 5.68. The van der Waals surface area contributed by atoms with Crippen LogP contribution in [0.25, 0.3) is 5.69 Å². The molecular formula is C13H14ClN5. The van der Waals surface area contributed by atoms with Gasteiger partial charge in [-0.2, -0.15) is 5.26 Å². The molecule has 1 aromatic heterocycles. The zero-order chi connectivity index (χ0) is 14.2. The summed E-state index contributed by atoms with van der Waals surface area (Å²) in [6, 6.07) is 7.61. The molecule has 0 atom stereocenters. The lowest BCUT2D eigenvalue weighted by molar-refractivity contribution is 0.874. The molecule has 0 saturated heterocycles. The topological polar surface area (TPSA) is 70.9 Å². The highest BCUT2D eigenvalue weighted by Gasteiger charge is 2.18. The number of rotatable bonds is 2.